The van der Waals surface area contributed by atoms with Gasteiger partial charge in [-0.3, -0.25) is 9.69 Å². The van der Waals surface area contributed by atoms with E-state index >= 15 is 0 Å². The Bertz CT molecular complexity index is 323. The summed E-state index contributed by atoms with van der Waals surface area (Å²) in [7, 11) is 0. The van der Waals surface area contributed by atoms with Gasteiger partial charge in [0.15, 0.2) is 0 Å². The summed E-state index contributed by atoms with van der Waals surface area (Å²) in [6, 6.07) is -0.394. The Morgan fingerprint density at radius 3 is 2.58 bits per heavy atom. The Morgan fingerprint density at radius 1 is 1.37 bits per heavy atom. The summed E-state index contributed by atoms with van der Waals surface area (Å²) in [5.74, 6) is -0.134. The number of amides is 1. The van der Waals surface area contributed by atoms with Crippen molar-refractivity contribution in [2.45, 2.75) is 38.0 Å². The molecule has 0 aromatic heterocycles. The van der Waals surface area contributed by atoms with Gasteiger partial charge in [0.1, 0.15) is 6.04 Å². The normalized spacial score (nSPS) is 27.6. The second kappa shape index (κ2) is 5.75. The molecule has 2 saturated heterocycles. The van der Waals surface area contributed by atoms with Crippen molar-refractivity contribution < 1.29 is 9.90 Å². The molecule has 6 heteroatoms. The standard InChI is InChI=1S/C13H26N4O2/c1-13(2,19)11(14)12(18)17-6-3-10(9-17)16-7-4-15-5-8-16/h10-11,15,19H,3-9,14H2,1-2H3/t10?,11-/m1/s1. The molecule has 0 radical (unpaired) electrons. The fraction of sp³-hybridized carbons (Fsp3) is 0.923. The minimum Gasteiger partial charge on any atom is -0.388 e. The SMILES string of the molecule is CC(C)(O)[C@H](N)C(=O)N1CCC(N2CCNCC2)C1. The van der Waals surface area contributed by atoms with Gasteiger partial charge in [-0.1, -0.05) is 0 Å². The van der Waals surface area contributed by atoms with E-state index in [0.29, 0.717) is 6.04 Å². The van der Waals surface area contributed by atoms with Crippen LogP contribution >= 0.6 is 0 Å². The van der Waals surface area contributed by atoms with E-state index in [1.165, 1.54) is 0 Å². The molecule has 0 aromatic rings. The molecule has 0 bridgehead atoms. The number of nitrogens with one attached hydrogen (secondary N) is 1. The lowest BCUT2D eigenvalue weighted by Crippen LogP contribution is -2.55. The van der Waals surface area contributed by atoms with E-state index < -0.39 is 11.6 Å². The molecule has 0 aromatic carbocycles. The number of carbonyl (C=O) groups excluding carboxylic acids is 1. The molecule has 2 aliphatic heterocycles. The second-order valence-electron chi connectivity index (χ2n) is 6.14. The number of rotatable bonds is 3. The van der Waals surface area contributed by atoms with Crippen molar-refractivity contribution in [3.05, 3.63) is 0 Å². The summed E-state index contributed by atoms with van der Waals surface area (Å²) >= 11 is 0. The first-order chi connectivity index (χ1) is 8.89. The maximum absolute atomic E-state index is 12.2. The Labute approximate surface area is 114 Å². The van der Waals surface area contributed by atoms with Gasteiger partial charge in [-0.05, 0) is 20.3 Å². The molecule has 0 aliphatic carbocycles. The Hall–Kier alpha value is -0.690. The van der Waals surface area contributed by atoms with E-state index in [1.807, 2.05) is 0 Å². The van der Waals surface area contributed by atoms with Crippen LogP contribution in [-0.2, 0) is 4.79 Å². The van der Waals surface area contributed by atoms with Gasteiger partial charge in [-0.15, -0.1) is 0 Å². The molecule has 110 valence electrons. The largest absolute Gasteiger partial charge is 0.388 e. The first kappa shape index (κ1) is 14.7. The van der Waals surface area contributed by atoms with E-state index in [-0.39, 0.29) is 5.91 Å². The number of hydrogen-bond acceptors (Lipinski definition) is 5. The lowest BCUT2D eigenvalue weighted by atomic mass is 9.99. The summed E-state index contributed by atoms with van der Waals surface area (Å²) in [5, 5.41) is 13.2. The van der Waals surface area contributed by atoms with Crippen LogP contribution in [0.5, 0.6) is 0 Å². The fourth-order valence-corrected chi connectivity index (χ4v) is 2.79. The van der Waals surface area contributed by atoms with Gasteiger partial charge in [0.25, 0.3) is 0 Å². The minimum absolute atomic E-state index is 0.134. The smallest absolute Gasteiger partial charge is 0.242 e. The maximum Gasteiger partial charge on any atom is 0.242 e. The third-order valence-corrected chi connectivity index (χ3v) is 4.17. The van der Waals surface area contributed by atoms with Crippen LogP contribution in [0.4, 0.5) is 0 Å². The molecule has 19 heavy (non-hydrogen) atoms. The summed E-state index contributed by atoms with van der Waals surface area (Å²) in [4.78, 5) is 16.5. The minimum atomic E-state index is -1.16. The van der Waals surface area contributed by atoms with Crippen LogP contribution in [0.2, 0.25) is 0 Å². The van der Waals surface area contributed by atoms with Gasteiger partial charge in [0.05, 0.1) is 5.60 Å². The molecular weight excluding hydrogens is 244 g/mol. The van der Waals surface area contributed by atoms with Crippen LogP contribution in [-0.4, -0.2) is 77.8 Å². The molecule has 6 nitrogen and oxygen atoms in total. The van der Waals surface area contributed by atoms with E-state index in [2.05, 4.69) is 10.2 Å². The number of hydrogen-bond donors (Lipinski definition) is 3. The second-order valence-corrected chi connectivity index (χ2v) is 6.14. The van der Waals surface area contributed by atoms with Crippen LogP contribution in [0, 0.1) is 0 Å². The third kappa shape index (κ3) is 3.45. The van der Waals surface area contributed by atoms with Crippen LogP contribution in [0.3, 0.4) is 0 Å². The molecule has 2 atom stereocenters. The van der Waals surface area contributed by atoms with Gasteiger partial charge in [-0.2, -0.15) is 0 Å². The molecule has 4 N–H and O–H groups in total. The van der Waals surface area contributed by atoms with Crippen molar-refractivity contribution >= 4 is 5.91 Å². The topological polar surface area (TPSA) is 81.8 Å². The average molecular weight is 270 g/mol. The average Bonchev–Trinajstić information content (AvgIpc) is 2.86. The Kier molecular flexibility index (Phi) is 4.45. The molecule has 0 spiro atoms. The lowest BCUT2D eigenvalue weighted by Gasteiger charge is -2.33. The van der Waals surface area contributed by atoms with E-state index in [9.17, 15) is 9.90 Å². The first-order valence-electron chi connectivity index (χ1n) is 7.11. The predicted octanol–water partition coefficient (Wildman–Crippen LogP) is -1.41. The molecule has 2 aliphatic rings. The van der Waals surface area contributed by atoms with Gasteiger partial charge in [0.2, 0.25) is 5.91 Å². The van der Waals surface area contributed by atoms with Crippen molar-refractivity contribution in [2.75, 3.05) is 39.3 Å². The molecule has 2 fully saturated rings. The van der Waals surface area contributed by atoms with E-state index in [0.717, 1.165) is 45.7 Å². The molecular formula is C13H26N4O2. The van der Waals surface area contributed by atoms with Gasteiger partial charge in [-0.25, -0.2) is 0 Å². The third-order valence-electron chi connectivity index (χ3n) is 4.17. The number of nitrogens with two attached hydrogens (primary N) is 1. The van der Waals surface area contributed by atoms with Crippen LogP contribution in [0.25, 0.3) is 0 Å². The maximum atomic E-state index is 12.2. The molecule has 0 saturated carbocycles. The van der Waals surface area contributed by atoms with Gasteiger partial charge in [0, 0.05) is 45.3 Å². The summed E-state index contributed by atoms with van der Waals surface area (Å²) in [5.41, 5.74) is 4.67. The van der Waals surface area contributed by atoms with E-state index in [1.54, 1.807) is 18.7 Å². The van der Waals surface area contributed by atoms with Crippen molar-refractivity contribution in [1.82, 2.24) is 15.1 Å². The van der Waals surface area contributed by atoms with Crippen LogP contribution < -0.4 is 11.1 Å². The Morgan fingerprint density at radius 2 is 2.00 bits per heavy atom. The highest BCUT2D eigenvalue weighted by Crippen LogP contribution is 2.19. The number of piperazine rings is 1. The van der Waals surface area contributed by atoms with Crippen molar-refractivity contribution in [1.29, 1.82) is 0 Å². The molecule has 2 rings (SSSR count). The van der Waals surface area contributed by atoms with Gasteiger partial charge < -0.3 is 21.1 Å². The Balaban J connectivity index is 1.89. The number of aliphatic hydroxyl groups is 1. The molecule has 1 unspecified atom stereocenters. The number of likely N-dealkylation sites (tertiary alicyclic amines) is 1. The summed E-state index contributed by atoms with van der Waals surface area (Å²) in [6.45, 7) is 8.79. The van der Waals surface area contributed by atoms with E-state index in [4.69, 9.17) is 5.73 Å². The molecule has 1 amide bonds. The zero-order valence-corrected chi connectivity index (χ0v) is 11.9. The molecule has 2 heterocycles. The number of carbonyl (C=O) groups is 1. The predicted molar refractivity (Wildman–Crippen MR) is 73.7 cm³/mol. The monoisotopic (exact) mass is 270 g/mol. The summed E-state index contributed by atoms with van der Waals surface area (Å²) < 4.78 is 0. The van der Waals surface area contributed by atoms with Crippen LogP contribution in [0.15, 0.2) is 0 Å². The van der Waals surface area contributed by atoms with Crippen LogP contribution in [0.1, 0.15) is 20.3 Å². The van der Waals surface area contributed by atoms with Crippen molar-refractivity contribution in [3.63, 3.8) is 0 Å². The highest BCUT2D eigenvalue weighted by molar-refractivity contribution is 5.83. The highest BCUT2D eigenvalue weighted by Gasteiger charge is 2.37. The zero-order chi connectivity index (χ0) is 14.0. The lowest BCUT2D eigenvalue weighted by molar-refractivity contribution is -0.136. The quantitative estimate of drug-likeness (QED) is 0.587. The zero-order valence-electron chi connectivity index (χ0n) is 11.9. The van der Waals surface area contributed by atoms with Crippen molar-refractivity contribution in [2.24, 2.45) is 5.73 Å². The highest BCUT2D eigenvalue weighted by atomic mass is 16.3. The summed E-state index contributed by atoms with van der Waals surface area (Å²) in [6.07, 6.45) is 1.00. The first-order valence-corrected chi connectivity index (χ1v) is 7.11. The van der Waals surface area contributed by atoms with Gasteiger partial charge >= 0.3 is 0 Å². The number of nitrogens with zero attached hydrogens (tertiary/aromatic N) is 2. The fourth-order valence-electron chi connectivity index (χ4n) is 2.79. The van der Waals surface area contributed by atoms with Crippen molar-refractivity contribution in [3.8, 4) is 0 Å².